The summed E-state index contributed by atoms with van der Waals surface area (Å²) in [6.07, 6.45) is 4.41. The van der Waals surface area contributed by atoms with E-state index in [1.165, 1.54) is 19.3 Å². The van der Waals surface area contributed by atoms with E-state index >= 15 is 0 Å². The van der Waals surface area contributed by atoms with Gasteiger partial charge in [-0.25, -0.2) is 0 Å². The van der Waals surface area contributed by atoms with E-state index in [4.69, 9.17) is 0 Å². The maximum Gasteiger partial charge on any atom is 0.255 e. The number of hydrogen-bond donors (Lipinski definition) is 2. The Morgan fingerprint density at radius 1 is 1.17 bits per heavy atom. The second-order valence-electron chi connectivity index (χ2n) is 9.09. The number of carbonyl (C=O) groups excluding carboxylic acids is 3. The molecule has 3 fully saturated rings. The van der Waals surface area contributed by atoms with Gasteiger partial charge >= 0.3 is 0 Å². The van der Waals surface area contributed by atoms with E-state index in [2.05, 4.69) is 21.6 Å². The van der Waals surface area contributed by atoms with Crippen LogP contribution < -0.4 is 10.6 Å². The molecular weight excluding hydrogens is 368 g/mol. The van der Waals surface area contributed by atoms with Gasteiger partial charge in [0, 0.05) is 38.2 Å². The number of benzene rings is 1. The largest absolute Gasteiger partial charge is 0.322 e. The van der Waals surface area contributed by atoms with Crippen molar-refractivity contribution in [1.82, 2.24) is 20.4 Å². The van der Waals surface area contributed by atoms with E-state index in [0.29, 0.717) is 18.4 Å². The first-order valence-electron chi connectivity index (χ1n) is 10.7. The van der Waals surface area contributed by atoms with Crippen LogP contribution in [-0.2, 0) is 22.7 Å². The Morgan fingerprint density at radius 3 is 2.86 bits per heavy atom. The molecule has 29 heavy (non-hydrogen) atoms. The number of nitrogens with one attached hydrogen (secondary N) is 2. The van der Waals surface area contributed by atoms with Gasteiger partial charge in [0.25, 0.3) is 5.91 Å². The van der Waals surface area contributed by atoms with Crippen LogP contribution in [0.15, 0.2) is 18.2 Å². The highest BCUT2D eigenvalue weighted by Gasteiger charge is 2.41. The van der Waals surface area contributed by atoms with E-state index < -0.39 is 6.04 Å². The zero-order valence-corrected chi connectivity index (χ0v) is 16.7. The van der Waals surface area contributed by atoms with Gasteiger partial charge in [-0.3, -0.25) is 24.6 Å². The number of carbonyl (C=O) groups is 3. The van der Waals surface area contributed by atoms with Crippen LogP contribution in [-0.4, -0.2) is 59.7 Å². The topological polar surface area (TPSA) is 81.8 Å². The fourth-order valence-electron chi connectivity index (χ4n) is 5.65. The van der Waals surface area contributed by atoms with Crippen molar-refractivity contribution in [3.05, 3.63) is 34.9 Å². The second kappa shape index (κ2) is 7.22. The summed E-state index contributed by atoms with van der Waals surface area (Å²) in [6.45, 7) is 5.57. The quantitative estimate of drug-likeness (QED) is 0.746. The minimum absolute atomic E-state index is 0.0700. The third kappa shape index (κ3) is 3.36. The monoisotopic (exact) mass is 396 g/mol. The second-order valence-corrected chi connectivity index (χ2v) is 9.09. The number of amides is 3. The van der Waals surface area contributed by atoms with Crippen molar-refractivity contribution in [3.8, 4) is 0 Å². The van der Waals surface area contributed by atoms with Crippen molar-refractivity contribution in [1.29, 1.82) is 0 Å². The molecule has 3 saturated heterocycles. The van der Waals surface area contributed by atoms with Gasteiger partial charge in [-0.15, -0.1) is 0 Å². The molecule has 2 N–H and O–H groups in total. The zero-order chi connectivity index (χ0) is 20.0. The van der Waals surface area contributed by atoms with Gasteiger partial charge in [-0.1, -0.05) is 18.2 Å². The average molecular weight is 396 g/mol. The molecule has 4 heterocycles. The third-order valence-electron chi connectivity index (χ3n) is 7.11. The maximum atomic E-state index is 13.3. The number of piperidine rings is 2. The first kappa shape index (κ1) is 18.8. The Kier molecular flexibility index (Phi) is 4.67. The Bertz CT molecular complexity index is 862. The summed E-state index contributed by atoms with van der Waals surface area (Å²) in [6, 6.07) is 5.51. The lowest BCUT2D eigenvalue weighted by atomic mass is 9.79. The SMILES string of the molecule is O=C1CCC(N2Cc3cccc(CN4CCCC5(CCNC5)C4)c3C2=O)C(=O)N1. The normalized spacial score (nSPS) is 30.1. The molecule has 4 aliphatic heterocycles. The van der Waals surface area contributed by atoms with Crippen LogP contribution in [0.1, 0.15) is 53.6 Å². The van der Waals surface area contributed by atoms with Gasteiger partial charge in [-0.05, 0) is 55.3 Å². The Balaban J connectivity index is 1.35. The average Bonchev–Trinajstić information content (AvgIpc) is 3.27. The fourth-order valence-corrected chi connectivity index (χ4v) is 5.65. The molecule has 2 unspecified atom stereocenters. The summed E-state index contributed by atoms with van der Waals surface area (Å²) in [5, 5.41) is 5.89. The summed E-state index contributed by atoms with van der Waals surface area (Å²) >= 11 is 0. The van der Waals surface area contributed by atoms with Gasteiger partial charge in [0.15, 0.2) is 0 Å². The van der Waals surface area contributed by atoms with Crippen molar-refractivity contribution in [2.75, 3.05) is 26.2 Å². The lowest BCUT2D eigenvalue weighted by Crippen LogP contribution is -2.52. The number of fused-ring (bicyclic) bond motifs is 1. The highest BCUT2D eigenvalue weighted by Crippen LogP contribution is 2.37. The molecule has 1 aromatic rings. The van der Waals surface area contributed by atoms with Gasteiger partial charge < -0.3 is 10.2 Å². The summed E-state index contributed by atoms with van der Waals surface area (Å²) in [5.74, 6) is -0.674. The van der Waals surface area contributed by atoms with E-state index in [9.17, 15) is 14.4 Å². The molecule has 0 saturated carbocycles. The molecule has 3 amide bonds. The fraction of sp³-hybridized carbons (Fsp3) is 0.591. The van der Waals surface area contributed by atoms with Crippen molar-refractivity contribution in [2.45, 2.75) is 51.2 Å². The van der Waals surface area contributed by atoms with Crippen LogP contribution in [0.5, 0.6) is 0 Å². The summed E-state index contributed by atoms with van der Waals surface area (Å²) in [7, 11) is 0. The van der Waals surface area contributed by atoms with Gasteiger partial charge in [0.1, 0.15) is 6.04 Å². The smallest absolute Gasteiger partial charge is 0.255 e. The molecule has 4 aliphatic rings. The highest BCUT2D eigenvalue weighted by atomic mass is 16.2. The van der Waals surface area contributed by atoms with Gasteiger partial charge in [0.05, 0.1) is 0 Å². The number of hydrogen-bond acceptors (Lipinski definition) is 5. The van der Waals surface area contributed by atoms with Crippen LogP contribution in [0.25, 0.3) is 0 Å². The molecule has 0 aromatic heterocycles. The molecule has 0 radical (unpaired) electrons. The van der Waals surface area contributed by atoms with E-state index in [-0.39, 0.29) is 24.1 Å². The van der Waals surface area contributed by atoms with E-state index in [0.717, 1.165) is 49.4 Å². The lowest BCUT2D eigenvalue weighted by Gasteiger charge is -2.40. The van der Waals surface area contributed by atoms with Crippen LogP contribution in [0, 0.1) is 5.41 Å². The Hall–Kier alpha value is -2.25. The molecule has 7 heteroatoms. The van der Waals surface area contributed by atoms with Crippen LogP contribution in [0.4, 0.5) is 0 Å². The lowest BCUT2D eigenvalue weighted by molar-refractivity contribution is -0.136. The number of imide groups is 1. The molecule has 1 spiro atoms. The molecular formula is C22H28N4O3. The minimum atomic E-state index is -0.553. The molecule has 0 aliphatic carbocycles. The number of likely N-dealkylation sites (tertiary alicyclic amines) is 1. The minimum Gasteiger partial charge on any atom is -0.322 e. The Morgan fingerprint density at radius 2 is 2.07 bits per heavy atom. The van der Waals surface area contributed by atoms with E-state index in [1.807, 2.05) is 12.1 Å². The number of rotatable bonds is 3. The van der Waals surface area contributed by atoms with Gasteiger partial charge in [0.2, 0.25) is 11.8 Å². The molecule has 7 nitrogen and oxygen atoms in total. The Labute approximate surface area is 170 Å². The van der Waals surface area contributed by atoms with Gasteiger partial charge in [-0.2, -0.15) is 0 Å². The standard InChI is InChI=1S/C22H28N4O3/c27-18-6-5-17(20(28)24-18)26-12-16-4-1-3-15(19(16)21(26)29)11-25-10-2-7-22(14-25)8-9-23-13-22/h1,3-4,17,23H,2,5-14H2,(H,24,27,28). The predicted octanol–water partition coefficient (Wildman–Crippen LogP) is 1.02. The van der Waals surface area contributed by atoms with Crippen molar-refractivity contribution >= 4 is 17.7 Å². The zero-order valence-electron chi connectivity index (χ0n) is 16.7. The van der Waals surface area contributed by atoms with Crippen molar-refractivity contribution in [3.63, 3.8) is 0 Å². The van der Waals surface area contributed by atoms with Crippen LogP contribution >= 0.6 is 0 Å². The summed E-state index contributed by atoms with van der Waals surface area (Å²) < 4.78 is 0. The van der Waals surface area contributed by atoms with Crippen LogP contribution in [0.2, 0.25) is 0 Å². The first-order chi connectivity index (χ1) is 14.0. The van der Waals surface area contributed by atoms with E-state index in [1.54, 1.807) is 4.90 Å². The third-order valence-corrected chi connectivity index (χ3v) is 7.11. The number of nitrogens with zero attached hydrogens (tertiary/aromatic N) is 2. The summed E-state index contributed by atoms with van der Waals surface area (Å²) in [5.41, 5.74) is 3.21. The highest BCUT2D eigenvalue weighted by molar-refractivity contribution is 6.05. The van der Waals surface area contributed by atoms with Crippen LogP contribution in [0.3, 0.4) is 0 Å². The predicted molar refractivity (Wildman–Crippen MR) is 107 cm³/mol. The molecule has 154 valence electrons. The molecule has 0 bridgehead atoms. The molecule has 1 aromatic carbocycles. The first-order valence-corrected chi connectivity index (χ1v) is 10.7. The molecule has 2 atom stereocenters. The van der Waals surface area contributed by atoms with Crippen molar-refractivity contribution in [2.24, 2.45) is 5.41 Å². The van der Waals surface area contributed by atoms with Crippen molar-refractivity contribution < 1.29 is 14.4 Å². The summed E-state index contributed by atoms with van der Waals surface area (Å²) in [4.78, 5) is 41.2. The molecule has 5 rings (SSSR count). The maximum absolute atomic E-state index is 13.3.